The lowest BCUT2D eigenvalue weighted by Crippen LogP contribution is -2.11. The number of pyridine rings is 1. The Bertz CT molecular complexity index is 683. The molecule has 0 amide bonds. The summed E-state index contributed by atoms with van der Waals surface area (Å²) in [5.74, 6) is -0.146. The van der Waals surface area contributed by atoms with Crippen molar-refractivity contribution in [3.05, 3.63) is 40.1 Å². The van der Waals surface area contributed by atoms with Crippen LogP contribution in [0.1, 0.15) is 16.3 Å². The minimum absolute atomic E-state index is 0.0245. The third-order valence-electron chi connectivity index (χ3n) is 2.68. The number of ether oxygens (including phenoxy) is 1. The summed E-state index contributed by atoms with van der Waals surface area (Å²) in [6.07, 6.45) is 1.50. The molecule has 10 nitrogen and oxygen atoms in total. The molecule has 110 valence electrons. The van der Waals surface area contributed by atoms with E-state index in [-0.39, 0.29) is 23.7 Å². The van der Waals surface area contributed by atoms with Crippen LogP contribution in [0, 0.1) is 10.1 Å². The summed E-state index contributed by atoms with van der Waals surface area (Å²) in [4.78, 5) is 25.7. The zero-order valence-electron chi connectivity index (χ0n) is 11.3. The van der Waals surface area contributed by atoms with Crippen molar-refractivity contribution in [2.45, 2.75) is 6.54 Å². The third kappa shape index (κ3) is 3.11. The second kappa shape index (κ2) is 5.94. The maximum atomic E-state index is 11.4. The van der Waals surface area contributed by atoms with Crippen LogP contribution in [0.4, 0.5) is 11.5 Å². The molecule has 0 unspecified atom stereocenters. The van der Waals surface area contributed by atoms with Crippen molar-refractivity contribution in [1.29, 1.82) is 0 Å². The van der Waals surface area contributed by atoms with Crippen LogP contribution < -0.4 is 5.32 Å². The Morgan fingerprint density at radius 3 is 2.86 bits per heavy atom. The van der Waals surface area contributed by atoms with Gasteiger partial charge in [0.15, 0.2) is 11.5 Å². The van der Waals surface area contributed by atoms with Crippen LogP contribution in [-0.4, -0.2) is 37.8 Å². The topological polar surface area (TPSA) is 125 Å². The summed E-state index contributed by atoms with van der Waals surface area (Å²) >= 11 is 0. The molecule has 1 N–H and O–H groups in total. The zero-order valence-corrected chi connectivity index (χ0v) is 11.3. The normalized spacial score (nSPS) is 10.2. The van der Waals surface area contributed by atoms with E-state index in [9.17, 15) is 14.9 Å². The number of hydrogen-bond donors (Lipinski definition) is 1. The number of nitrogens with zero attached hydrogens (tertiary/aromatic N) is 5. The number of carbonyl (C=O) groups is 1. The molecule has 0 spiro atoms. The predicted octanol–water partition coefficient (Wildman–Crippen LogP) is 0.517. The lowest BCUT2D eigenvalue weighted by Gasteiger charge is -2.07. The Hall–Kier alpha value is -3.04. The standard InChI is InChI=1S/C11H12N6O4/c1-16-6-13-15-9(16)5-12-10-8(17(19)20)4-3-7(14-10)11(18)21-2/h3-4,6H,5H2,1-2H3,(H,12,14). The van der Waals surface area contributed by atoms with Crippen LogP contribution in [0.5, 0.6) is 0 Å². The van der Waals surface area contributed by atoms with Crippen molar-refractivity contribution in [3.8, 4) is 0 Å². The molecule has 0 aliphatic carbocycles. The van der Waals surface area contributed by atoms with Gasteiger partial charge in [-0.1, -0.05) is 0 Å². The van der Waals surface area contributed by atoms with E-state index in [0.717, 1.165) is 0 Å². The molecule has 0 fully saturated rings. The van der Waals surface area contributed by atoms with E-state index >= 15 is 0 Å². The lowest BCUT2D eigenvalue weighted by atomic mass is 10.3. The molecule has 0 aliphatic rings. The highest BCUT2D eigenvalue weighted by Gasteiger charge is 2.19. The summed E-state index contributed by atoms with van der Waals surface area (Å²) in [6.45, 7) is 0.176. The van der Waals surface area contributed by atoms with Gasteiger partial charge in [-0.2, -0.15) is 0 Å². The molecule has 2 heterocycles. The van der Waals surface area contributed by atoms with E-state index in [1.807, 2.05) is 0 Å². The van der Waals surface area contributed by atoms with Crippen LogP contribution in [0.25, 0.3) is 0 Å². The molecule has 0 saturated carbocycles. The SMILES string of the molecule is COC(=O)c1ccc([N+](=O)[O-])c(NCc2nncn2C)n1. The number of methoxy groups -OCH3 is 1. The van der Waals surface area contributed by atoms with Crippen LogP contribution in [-0.2, 0) is 18.3 Å². The lowest BCUT2D eigenvalue weighted by molar-refractivity contribution is -0.384. The molecule has 0 radical (unpaired) electrons. The molecule has 10 heteroatoms. The van der Waals surface area contributed by atoms with Gasteiger partial charge in [-0.15, -0.1) is 10.2 Å². The highest BCUT2D eigenvalue weighted by Crippen LogP contribution is 2.22. The van der Waals surface area contributed by atoms with Gasteiger partial charge in [0, 0.05) is 13.1 Å². The molecule has 21 heavy (non-hydrogen) atoms. The van der Waals surface area contributed by atoms with Gasteiger partial charge in [0.25, 0.3) is 0 Å². The second-order valence-electron chi connectivity index (χ2n) is 4.02. The van der Waals surface area contributed by atoms with Gasteiger partial charge < -0.3 is 14.6 Å². The molecule has 0 saturated heterocycles. The van der Waals surface area contributed by atoms with E-state index in [1.54, 1.807) is 11.6 Å². The number of hydrogen-bond acceptors (Lipinski definition) is 8. The average Bonchev–Trinajstić information content (AvgIpc) is 2.89. The van der Waals surface area contributed by atoms with E-state index < -0.39 is 10.9 Å². The van der Waals surface area contributed by atoms with E-state index in [4.69, 9.17) is 0 Å². The molecule has 0 aromatic carbocycles. The first-order valence-corrected chi connectivity index (χ1v) is 5.83. The Labute approximate surface area is 118 Å². The predicted molar refractivity (Wildman–Crippen MR) is 70.6 cm³/mol. The first-order chi connectivity index (χ1) is 10.0. The van der Waals surface area contributed by atoms with Gasteiger partial charge in [-0.05, 0) is 6.07 Å². The van der Waals surface area contributed by atoms with Gasteiger partial charge in [-0.3, -0.25) is 10.1 Å². The Balaban J connectivity index is 2.28. The fourth-order valence-corrected chi connectivity index (χ4v) is 1.58. The Kier molecular flexibility index (Phi) is 4.07. The van der Waals surface area contributed by atoms with E-state index in [1.165, 1.54) is 25.6 Å². The number of nitrogens with one attached hydrogen (secondary N) is 1. The smallest absolute Gasteiger partial charge is 0.356 e. The number of rotatable bonds is 5. The van der Waals surface area contributed by atoms with Crippen LogP contribution in [0.2, 0.25) is 0 Å². The largest absolute Gasteiger partial charge is 0.464 e. The Morgan fingerprint density at radius 2 is 2.29 bits per heavy atom. The summed E-state index contributed by atoms with van der Waals surface area (Å²) in [5.41, 5.74) is -0.270. The summed E-state index contributed by atoms with van der Waals surface area (Å²) in [5, 5.41) is 21.3. The number of esters is 1. The number of aryl methyl sites for hydroxylation is 1. The Morgan fingerprint density at radius 1 is 1.52 bits per heavy atom. The highest BCUT2D eigenvalue weighted by atomic mass is 16.6. The number of carbonyl (C=O) groups excluding carboxylic acids is 1. The number of anilines is 1. The van der Waals surface area contributed by atoms with Crippen LogP contribution in [0.15, 0.2) is 18.5 Å². The van der Waals surface area contributed by atoms with E-state index in [0.29, 0.717) is 5.82 Å². The van der Waals surface area contributed by atoms with Crippen molar-refractivity contribution >= 4 is 17.5 Å². The van der Waals surface area contributed by atoms with Gasteiger partial charge in [0.1, 0.15) is 6.33 Å². The molecule has 0 aliphatic heterocycles. The molecule has 2 rings (SSSR count). The molecule has 2 aromatic rings. The fourth-order valence-electron chi connectivity index (χ4n) is 1.58. The first kappa shape index (κ1) is 14.4. The first-order valence-electron chi connectivity index (χ1n) is 5.83. The number of aromatic nitrogens is 4. The monoisotopic (exact) mass is 292 g/mol. The van der Waals surface area contributed by atoms with Crippen LogP contribution in [0.3, 0.4) is 0 Å². The molecule has 0 bridgehead atoms. The maximum Gasteiger partial charge on any atom is 0.356 e. The third-order valence-corrected chi connectivity index (χ3v) is 2.68. The van der Waals surface area contributed by atoms with Crippen molar-refractivity contribution in [2.24, 2.45) is 7.05 Å². The maximum absolute atomic E-state index is 11.4. The van der Waals surface area contributed by atoms with E-state index in [2.05, 4.69) is 25.2 Å². The fraction of sp³-hybridized carbons (Fsp3) is 0.273. The number of nitro groups is 1. The average molecular weight is 292 g/mol. The second-order valence-corrected chi connectivity index (χ2v) is 4.02. The van der Waals surface area contributed by atoms with Gasteiger partial charge in [-0.25, -0.2) is 9.78 Å². The van der Waals surface area contributed by atoms with Gasteiger partial charge in [0.05, 0.1) is 18.6 Å². The highest BCUT2D eigenvalue weighted by molar-refractivity contribution is 5.88. The van der Waals surface area contributed by atoms with Crippen molar-refractivity contribution in [3.63, 3.8) is 0 Å². The minimum atomic E-state index is -0.674. The van der Waals surface area contributed by atoms with Crippen molar-refractivity contribution in [1.82, 2.24) is 19.7 Å². The van der Waals surface area contributed by atoms with Gasteiger partial charge >= 0.3 is 11.7 Å². The quantitative estimate of drug-likeness (QED) is 0.480. The zero-order chi connectivity index (χ0) is 15.4. The van der Waals surface area contributed by atoms with Crippen molar-refractivity contribution in [2.75, 3.05) is 12.4 Å². The summed E-state index contributed by atoms with van der Waals surface area (Å²) in [6, 6.07) is 2.43. The van der Waals surface area contributed by atoms with Crippen molar-refractivity contribution < 1.29 is 14.5 Å². The molecular weight excluding hydrogens is 280 g/mol. The minimum Gasteiger partial charge on any atom is -0.464 e. The molecule has 2 aromatic heterocycles. The summed E-state index contributed by atoms with van der Waals surface area (Å²) < 4.78 is 6.19. The van der Waals surface area contributed by atoms with Crippen LogP contribution >= 0.6 is 0 Å². The molecule has 0 atom stereocenters. The van der Waals surface area contributed by atoms with Gasteiger partial charge in [0.2, 0.25) is 5.82 Å². The summed E-state index contributed by atoms with van der Waals surface area (Å²) in [7, 11) is 2.95. The molecular formula is C11H12N6O4.